The van der Waals surface area contributed by atoms with Crippen LogP contribution in [0.1, 0.15) is 0 Å². The van der Waals surface area contributed by atoms with Gasteiger partial charge in [-0.2, -0.15) is 18.2 Å². The third-order valence-corrected chi connectivity index (χ3v) is 1.38. The molecule has 0 amide bonds. The summed E-state index contributed by atoms with van der Waals surface area (Å²) in [5, 5.41) is 8.09. The van der Waals surface area contributed by atoms with Gasteiger partial charge in [0.15, 0.2) is 0 Å². The Morgan fingerprint density at radius 1 is 1.07 bits per heavy atom. The molecule has 0 unspecified atom stereocenters. The van der Waals surface area contributed by atoms with Gasteiger partial charge in [-0.3, -0.25) is 0 Å². The second-order valence-corrected chi connectivity index (χ2v) is 2.31. The van der Waals surface area contributed by atoms with Crippen LogP contribution in [0.25, 0.3) is 0 Å². The molecule has 0 saturated carbocycles. The summed E-state index contributed by atoms with van der Waals surface area (Å²) in [6, 6.07) is 17.2. The molecule has 4 heteroatoms. The van der Waals surface area contributed by atoms with Gasteiger partial charge in [-0.1, -0.05) is 0 Å². The van der Waals surface area contributed by atoms with Gasteiger partial charge < -0.3 is 9.68 Å². The smallest absolute Gasteiger partial charge is 0.601 e. The van der Waals surface area contributed by atoms with Crippen molar-refractivity contribution in [3.63, 3.8) is 0 Å². The van der Waals surface area contributed by atoms with E-state index in [0.29, 0.717) is 13.4 Å². The van der Waals surface area contributed by atoms with Gasteiger partial charge >= 0.3 is 24.8 Å². The van der Waals surface area contributed by atoms with E-state index in [4.69, 9.17) is 5.02 Å². The van der Waals surface area contributed by atoms with Gasteiger partial charge in [0.25, 0.3) is 0 Å². The first-order chi connectivity index (χ1) is 6.43. The molecular formula is C10H10BFeO2. The van der Waals surface area contributed by atoms with Crippen molar-refractivity contribution in [1.29, 1.82) is 0 Å². The van der Waals surface area contributed by atoms with Crippen LogP contribution in [-0.2, 0) is 17.1 Å². The average molecular weight is 229 g/mol. The molecule has 0 aliphatic heterocycles. The summed E-state index contributed by atoms with van der Waals surface area (Å²) in [7, 11) is 0.662. The SMILES string of the molecule is O[B]O[c-]1cccc1.[Fe+2].c1cc[cH-]c1. The van der Waals surface area contributed by atoms with Crippen LogP contribution in [0.2, 0.25) is 0 Å². The summed E-state index contributed by atoms with van der Waals surface area (Å²) in [6.07, 6.45) is 0. The molecule has 0 saturated heterocycles. The Morgan fingerprint density at radius 2 is 1.64 bits per heavy atom. The molecule has 0 aliphatic carbocycles. The zero-order valence-electron chi connectivity index (χ0n) is 7.48. The molecule has 2 nitrogen and oxygen atoms in total. The molecule has 0 bridgehead atoms. The van der Waals surface area contributed by atoms with Crippen molar-refractivity contribution in [2.75, 3.05) is 0 Å². The molecule has 0 heterocycles. The van der Waals surface area contributed by atoms with E-state index in [-0.39, 0.29) is 17.1 Å². The zero-order valence-corrected chi connectivity index (χ0v) is 8.59. The van der Waals surface area contributed by atoms with Crippen LogP contribution in [0.4, 0.5) is 0 Å². The van der Waals surface area contributed by atoms with E-state index in [1.165, 1.54) is 0 Å². The predicted octanol–water partition coefficient (Wildman–Crippen LogP) is 1.71. The normalized spacial score (nSPS) is 7.79. The average Bonchev–Trinajstić information content (AvgIpc) is 2.79. The second kappa shape index (κ2) is 8.63. The Balaban J connectivity index is 0.000000246. The fourth-order valence-corrected chi connectivity index (χ4v) is 0.817. The molecular weight excluding hydrogens is 219 g/mol. The maximum atomic E-state index is 8.09. The van der Waals surface area contributed by atoms with Crippen LogP contribution < -0.4 is 4.65 Å². The first-order valence-corrected chi connectivity index (χ1v) is 3.94. The van der Waals surface area contributed by atoms with Crippen molar-refractivity contribution in [3.8, 4) is 5.75 Å². The van der Waals surface area contributed by atoms with Gasteiger partial charge in [0.1, 0.15) is 0 Å². The van der Waals surface area contributed by atoms with Crippen LogP contribution in [0.5, 0.6) is 5.75 Å². The molecule has 2 aromatic carbocycles. The van der Waals surface area contributed by atoms with Crippen molar-refractivity contribution in [2.24, 2.45) is 0 Å². The van der Waals surface area contributed by atoms with E-state index >= 15 is 0 Å². The molecule has 1 N–H and O–H groups in total. The summed E-state index contributed by atoms with van der Waals surface area (Å²) >= 11 is 0. The van der Waals surface area contributed by atoms with Crippen LogP contribution in [0, 0.1) is 0 Å². The van der Waals surface area contributed by atoms with Crippen molar-refractivity contribution in [1.82, 2.24) is 0 Å². The maximum absolute atomic E-state index is 8.09. The number of hydrogen-bond donors (Lipinski definition) is 1. The first-order valence-electron chi connectivity index (χ1n) is 3.94. The largest absolute Gasteiger partial charge is 2.00 e. The summed E-state index contributed by atoms with van der Waals surface area (Å²) in [6.45, 7) is 0. The zero-order chi connectivity index (χ0) is 9.36. The Bertz CT molecular complexity index is 262. The molecule has 2 aromatic rings. The summed E-state index contributed by atoms with van der Waals surface area (Å²) in [5.41, 5.74) is 0. The van der Waals surface area contributed by atoms with Crippen molar-refractivity contribution in [2.45, 2.75) is 0 Å². The molecule has 14 heavy (non-hydrogen) atoms. The van der Waals surface area contributed by atoms with E-state index in [0.717, 1.165) is 0 Å². The third kappa shape index (κ3) is 5.65. The first kappa shape index (κ1) is 13.0. The number of hydrogen-bond acceptors (Lipinski definition) is 2. The summed E-state index contributed by atoms with van der Waals surface area (Å²) < 4.78 is 4.58. The monoisotopic (exact) mass is 229 g/mol. The van der Waals surface area contributed by atoms with Crippen LogP contribution in [0.3, 0.4) is 0 Å². The third-order valence-electron chi connectivity index (χ3n) is 1.38. The fourth-order valence-electron chi connectivity index (χ4n) is 0.817. The Hall–Kier alpha value is -0.956. The second-order valence-electron chi connectivity index (χ2n) is 2.31. The van der Waals surface area contributed by atoms with E-state index < -0.39 is 0 Å². The standard InChI is InChI=1S/C5H5BO2.C5H5.Fe/c7-6-8-5-3-1-2-4-5;1-2-4-5-3-1;/h1-4,7H;1-5H;/q2*-1;+2. The van der Waals surface area contributed by atoms with E-state index in [2.05, 4.69) is 4.65 Å². The number of rotatable bonds is 2. The quantitative estimate of drug-likeness (QED) is 0.627. The van der Waals surface area contributed by atoms with Crippen LogP contribution >= 0.6 is 0 Å². The van der Waals surface area contributed by atoms with Gasteiger partial charge in [0.05, 0.1) is 0 Å². The maximum Gasteiger partial charge on any atom is 2.00 e. The molecule has 2 rings (SSSR count). The van der Waals surface area contributed by atoms with Crippen molar-refractivity contribution < 1.29 is 26.7 Å². The molecule has 0 aromatic heterocycles. The minimum absolute atomic E-state index is 0. The molecule has 0 fully saturated rings. The van der Waals surface area contributed by atoms with Crippen molar-refractivity contribution in [3.05, 3.63) is 54.6 Å². The molecule has 1 radical (unpaired) electrons. The van der Waals surface area contributed by atoms with Crippen LogP contribution in [-0.4, -0.2) is 12.7 Å². The topological polar surface area (TPSA) is 29.5 Å². The van der Waals surface area contributed by atoms with Gasteiger partial charge in [-0.25, -0.2) is 24.3 Å². The fraction of sp³-hybridized carbons (Fsp3) is 0. The van der Waals surface area contributed by atoms with Gasteiger partial charge in [0, 0.05) is 0 Å². The summed E-state index contributed by atoms with van der Waals surface area (Å²) in [4.78, 5) is 0. The predicted molar refractivity (Wildman–Crippen MR) is 52.7 cm³/mol. The summed E-state index contributed by atoms with van der Waals surface area (Å²) in [5.74, 6) is 0.660. The molecule has 73 valence electrons. The van der Waals surface area contributed by atoms with Gasteiger partial charge in [-0.05, 0) is 5.75 Å². The Kier molecular flexibility index (Phi) is 8.04. The molecule has 0 atom stereocenters. The van der Waals surface area contributed by atoms with E-state index in [9.17, 15) is 0 Å². The van der Waals surface area contributed by atoms with Crippen LogP contribution in [0.15, 0.2) is 54.6 Å². The van der Waals surface area contributed by atoms with Gasteiger partial charge in [0.2, 0.25) is 0 Å². The molecule has 0 aliphatic rings. The van der Waals surface area contributed by atoms with Crippen molar-refractivity contribution >= 4 is 7.69 Å². The van der Waals surface area contributed by atoms with E-state index in [1.54, 1.807) is 12.1 Å². The van der Waals surface area contributed by atoms with Gasteiger partial charge in [-0.15, -0.1) is 12.1 Å². The van der Waals surface area contributed by atoms with E-state index in [1.807, 2.05) is 42.5 Å². The Morgan fingerprint density at radius 3 is 2.00 bits per heavy atom. The minimum Gasteiger partial charge on any atom is -0.601 e. The molecule has 0 spiro atoms. The Labute approximate surface area is 95.0 Å². The minimum atomic E-state index is 0.